The van der Waals surface area contributed by atoms with Crippen molar-refractivity contribution in [3.63, 3.8) is 0 Å². The molecule has 1 atom stereocenters. The van der Waals surface area contributed by atoms with E-state index in [1.54, 1.807) is 12.3 Å². The molecule has 0 aliphatic heterocycles. The fourth-order valence-electron chi connectivity index (χ4n) is 0.964. The van der Waals surface area contributed by atoms with Crippen molar-refractivity contribution in [2.45, 2.75) is 24.8 Å². The molecule has 0 bridgehead atoms. The number of aromatic nitrogens is 1. The van der Waals surface area contributed by atoms with E-state index in [0.717, 1.165) is 5.56 Å². The van der Waals surface area contributed by atoms with Crippen LogP contribution in [0.3, 0.4) is 0 Å². The Labute approximate surface area is 79.2 Å². The number of hydrogen-bond donors (Lipinski definition) is 1. The van der Waals surface area contributed by atoms with Crippen LogP contribution in [0.15, 0.2) is 23.4 Å². The van der Waals surface area contributed by atoms with Gasteiger partial charge >= 0.3 is 0 Å². The van der Waals surface area contributed by atoms with Crippen LogP contribution in [0.4, 0.5) is 0 Å². The molecule has 72 valence electrons. The van der Waals surface area contributed by atoms with E-state index in [9.17, 15) is 4.21 Å². The monoisotopic (exact) mass is 198 g/mol. The average molecular weight is 198 g/mol. The van der Waals surface area contributed by atoms with E-state index in [0.29, 0.717) is 10.9 Å². The van der Waals surface area contributed by atoms with E-state index in [2.05, 4.69) is 18.8 Å². The molecule has 0 saturated heterocycles. The molecule has 13 heavy (non-hydrogen) atoms. The Morgan fingerprint density at radius 2 is 2.08 bits per heavy atom. The molecule has 0 aliphatic rings. The molecular weight excluding hydrogens is 184 g/mol. The van der Waals surface area contributed by atoms with Gasteiger partial charge in [-0.3, -0.25) is 0 Å². The third-order valence-electron chi connectivity index (χ3n) is 1.82. The smallest absolute Gasteiger partial charge is 0.135 e. The molecule has 0 aliphatic carbocycles. The molecular formula is C9H14N2OS. The fourth-order valence-corrected chi connectivity index (χ4v) is 1.55. The zero-order valence-corrected chi connectivity index (χ0v) is 8.89. The van der Waals surface area contributed by atoms with Gasteiger partial charge in [-0.05, 0) is 17.5 Å². The molecule has 1 unspecified atom stereocenters. The summed E-state index contributed by atoms with van der Waals surface area (Å²) in [6.07, 6.45) is 3.07. The van der Waals surface area contributed by atoms with Gasteiger partial charge in [0.05, 0.1) is 9.73 Å². The first-order chi connectivity index (χ1) is 5.91. The zero-order chi connectivity index (χ0) is 10.1. The van der Waals surface area contributed by atoms with Crippen LogP contribution < -0.4 is 0 Å². The van der Waals surface area contributed by atoms with Crippen LogP contribution in [0.25, 0.3) is 0 Å². The van der Waals surface area contributed by atoms with E-state index >= 15 is 0 Å². The fraction of sp³-hybridized carbons (Fsp3) is 0.444. The zero-order valence-electron chi connectivity index (χ0n) is 8.07. The van der Waals surface area contributed by atoms with E-state index < -0.39 is 9.73 Å². The predicted molar refractivity (Wildman–Crippen MR) is 53.4 cm³/mol. The Morgan fingerprint density at radius 3 is 2.38 bits per heavy atom. The molecule has 1 aromatic rings. The summed E-state index contributed by atoms with van der Waals surface area (Å²) in [5.41, 5.74) is 1.10. The van der Waals surface area contributed by atoms with Gasteiger partial charge < -0.3 is 0 Å². The van der Waals surface area contributed by atoms with E-state index in [4.69, 9.17) is 4.78 Å². The normalized spacial score (nSPS) is 15.7. The van der Waals surface area contributed by atoms with Crippen LogP contribution >= 0.6 is 0 Å². The Balaban J connectivity index is 3.08. The topological polar surface area (TPSA) is 53.8 Å². The highest BCUT2D eigenvalue weighted by Gasteiger charge is 2.05. The van der Waals surface area contributed by atoms with Gasteiger partial charge in [0.1, 0.15) is 5.03 Å². The van der Waals surface area contributed by atoms with Crippen molar-refractivity contribution >= 4 is 9.73 Å². The number of rotatable bonds is 2. The quantitative estimate of drug-likeness (QED) is 0.792. The lowest BCUT2D eigenvalue weighted by Gasteiger charge is -2.05. The van der Waals surface area contributed by atoms with E-state index in [-0.39, 0.29) is 0 Å². The van der Waals surface area contributed by atoms with E-state index in [1.165, 1.54) is 6.26 Å². The first-order valence-electron chi connectivity index (χ1n) is 4.11. The van der Waals surface area contributed by atoms with Crippen LogP contribution in [0, 0.1) is 4.78 Å². The number of pyridine rings is 1. The summed E-state index contributed by atoms with van der Waals surface area (Å²) in [6, 6.07) is 3.55. The Hall–Kier alpha value is -0.900. The molecule has 1 heterocycles. The van der Waals surface area contributed by atoms with Crippen molar-refractivity contribution in [1.29, 1.82) is 4.78 Å². The SMILES string of the molecule is CC(C)c1ccc(S(C)(=N)=O)nc1. The highest BCUT2D eigenvalue weighted by atomic mass is 32.2. The van der Waals surface area contributed by atoms with Gasteiger partial charge in [0.15, 0.2) is 0 Å². The van der Waals surface area contributed by atoms with Crippen molar-refractivity contribution in [2.75, 3.05) is 6.26 Å². The van der Waals surface area contributed by atoms with Crippen molar-refractivity contribution < 1.29 is 4.21 Å². The number of hydrogen-bond acceptors (Lipinski definition) is 3. The minimum absolute atomic E-state index is 0.358. The maximum absolute atomic E-state index is 11.3. The van der Waals surface area contributed by atoms with Crippen LogP contribution in [0.5, 0.6) is 0 Å². The Bertz CT molecular complexity index is 379. The van der Waals surface area contributed by atoms with Crippen molar-refractivity contribution in [3.05, 3.63) is 23.9 Å². The van der Waals surface area contributed by atoms with Gasteiger partial charge in [0.25, 0.3) is 0 Å². The second kappa shape index (κ2) is 3.46. The van der Waals surface area contributed by atoms with Crippen LogP contribution in [0.1, 0.15) is 25.3 Å². The molecule has 0 saturated carbocycles. The molecule has 0 aromatic carbocycles. The largest absolute Gasteiger partial charge is 0.248 e. The molecule has 0 radical (unpaired) electrons. The molecule has 0 amide bonds. The van der Waals surface area contributed by atoms with Gasteiger partial charge in [-0.25, -0.2) is 14.0 Å². The van der Waals surface area contributed by atoms with Gasteiger partial charge in [-0.15, -0.1) is 0 Å². The second-order valence-corrected chi connectivity index (χ2v) is 5.53. The first kappa shape index (κ1) is 10.2. The molecule has 1 N–H and O–H groups in total. The molecule has 4 heteroatoms. The summed E-state index contributed by atoms with van der Waals surface area (Å²) in [6.45, 7) is 4.14. The first-order valence-corrected chi connectivity index (χ1v) is 6.07. The minimum atomic E-state index is -2.66. The third-order valence-corrected chi connectivity index (χ3v) is 2.86. The van der Waals surface area contributed by atoms with Crippen molar-refractivity contribution in [1.82, 2.24) is 4.98 Å². The Kier molecular flexibility index (Phi) is 2.71. The minimum Gasteiger partial charge on any atom is -0.248 e. The summed E-state index contributed by atoms with van der Waals surface area (Å²) >= 11 is 0. The van der Waals surface area contributed by atoms with Crippen molar-refractivity contribution in [2.24, 2.45) is 0 Å². The van der Waals surface area contributed by atoms with Crippen LogP contribution in [-0.2, 0) is 9.73 Å². The van der Waals surface area contributed by atoms with E-state index in [1.807, 2.05) is 6.07 Å². The summed E-state index contributed by atoms with van der Waals surface area (Å²) in [7, 11) is -2.66. The highest BCUT2D eigenvalue weighted by Crippen LogP contribution is 2.14. The molecule has 1 rings (SSSR count). The lowest BCUT2D eigenvalue weighted by molar-refractivity contribution is 0.675. The maximum atomic E-state index is 11.3. The second-order valence-electron chi connectivity index (χ2n) is 3.43. The van der Waals surface area contributed by atoms with Crippen LogP contribution in [-0.4, -0.2) is 15.4 Å². The van der Waals surface area contributed by atoms with Gasteiger partial charge in [-0.1, -0.05) is 19.9 Å². The van der Waals surface area contributed by atoms with Crippen LogP contribution in [0.2, 0.25) is 0 Å². The Morgan fingerprint density at radius 1 is 1.46 bits per heavy atom. The van der Waals surface area contributed by atoms with Gasteiger partial charge in [-0.2, -0.15) is 0 Å². The summed E-state index contributed by atoms with van der Waals surface area (Å²) in [4.78, 5) is 4.01. The number of nitrogens with one attached hydrogen (secondary N) is 1. The molecule has 1 aromatic heterocycles. The predicted octanol–water partition coefficient (Wildman–Crippen LogP) is 2.24. The molecule has 0 fully saturated rings. The van der Waals surface area contributed by atoms with Gasteiger partial charge in [0.2, 0.25) is 0 Å². The van der Waals surface area contributed by atoms with Gasteiger partial charge in [0, 0.05) is 12.5 Å². The third kappa shape index (κ3) is 2.52. The molecule has 0 spiro atoms. The highest BCUT2D eigenvalue weighted by molar-refractivity contribution is 7.91. The van der Waals surface area contributed by atoms with Crippen molar-refractivity contribution in [3.8, 4) is 0 Å². The maximum Gasteiger partial charge on any atom is 0.135 e. The molecule has 3 nitrogen and oxygen atoms in total. The lowest BCUT2D eigenvalue weighted by Crippen LogP contribution is -1.99. The summed E-state index contributed by atoms with van der Waals surface area (Å²) in [5.74, 6) is 0.417. The standard InChI is InChI=1S/C9H14N2OS/c1-7(2)8-4-5-9(11-6-8)13(3,10)12/h4-7,10H,1-3H3. The summed E-state index contributed by atoms with van der Waals surface area (Å²) < 4.78 is 18.6. The lowest BCUT2D eigenvalue weighted by atomic mass is 10.1. The average Bonchev–Trinajstić information content (AvgIpc) is 2.03. The summed E-state index contributed by atoms with van der Waals surface area (Å²) in [5, 5.41) is 0.358. The number of nitrogens with zero attached hydrogens (tertiary/aromatic N) is 1.